The van der Waals surface area contributed by atoms with Crippen LogP contribution in [-0.2, 0) is 0 Å². The Morgan fingerprint density at radius 1 is 1.36 bits per heavy atom. The van der Waals surface area contributed by atoms with Crippen molar-refractivity contribution in [3.63, 3.8) is 0 Å². The van der Waals surface area contributed by atoms with Crippen LogP contribution in [0.1, 0.15) is 41.5 Å². The third-order valence-corrected chi connectivity index (χ3v) is 4.33. The highest BCUT2D eigenvalue weighted by atomic mass is 16.5. The molecule has 1 aliphatic rings. The Labute approximate surface area is 130 Å². The van der Waals surface area contributed by atoms with Gasteiger partial charge >= 0.3 is 6.03 Å². The van der Waals surface area contributed by atoms with Crippen molar-refractivity contribution in [1.82, 2.24) is 10.1 Å². The van der Waals surface area contributed by atoms with E-state index in [0.717, 1.165) is 42.1 Å². The minimum absolute atomic E-state index is 0.0219. The van der Waals surface area contributed by atoms with E-state index < -0.39 is 0 Å². The molecule has 1 unspecified atom stereocenters. The molecule has 1 aromatic heterocycles. The molecule has 2 amide bonds. The van der Waals surface area contributed by atoms with Gasteiger partial charge in [-0.2, -0.15) is 0 Å². The normalized spacial score (nSPS) is 17.8. The molecule has 2 heterocycles. The Balaban J connectivity index is 1.78. The summed E-state index contributed by atoms with van der Waals surface area (Å²) in [7, 11) is 0. The van der Waals surface area contributed by atoms with Gasteiger partial charge in [0.05, 0.1) is 11.7 Å². The lowest BCUT2D eigenvalue weighted by molar-refractivity contribution is 0.195. The molecular weight excluding hydrogens is 278 g/mol. The predicted octanol–water partition coefficient (Wildman–Crippen LogP) is 3.97. The predicted molar refractivity (Wildman–Crippen MR) is 84.9 cm³/mol. The number of urea groups is 1. The van der Waals surface area contributed by atoms with Crippen LogP contribution in [-0.4, -0.2) is 22.6 Å². The Bertz CT molecular complexity index is 693. The van der Waals surface area contributed by atoms with E-state index in [1.54, 1.807) is 0 Å². The maximum absolute atomic E-state index is 12.6. The zero-order chi connectivity index (χ0) is 15.7. The lowest BCUT2D eigenvalue weighted by Crippen LogP contribution is -2.34. The van der Waals surface area contributed by atoms with Crippen LogP contribution in [0.15, 0.2) is 28.8 Å². The third-order valence-electron chi connectivity index (χ3n) is 4.33. The number of aryl methyl sites for hydroxylation is 2. The number of hydrogen-bond donors (Lipinski definition) is 1. The van der Waals surface area contributed by atoms with Crippen LogP contribution in [0.4, 0.5) is 10.5 Å². The first-order chi connectivity index (χ1) is 10.6. The van der Waals surface area contributed by atoms with Gasteiger partial charge in [0.25, 0.3) is 0 Å². The van der Waals surface area contributed by atoms with E-state index in [-0.39, 0.29) is 12.1 Å². The van der Waals surface area contributed by atoms with Crippen LogP contribution < -0.4 is 5.32 Å². The molecule has 0 saturated carbocycles. The van der Waals surface area contributed by atoms with Crippen molar-refractivity contribution in [2.45, 2.75) is 39.7 Å². The summed E-state index contributed by atoms with van der Waals surface area (Å²) in [5, 5.41) is 6.96. The van der Waals surface area contributed by atoms with Crippen LogP contribution in [0, 0.1) is 20.8 Å². The fourth-order valence-corrected chi connectivity index (χ4v) is 2.92. The van der Waals surface area contributed by atoms with Gasteiger partial charge < -0.3 is 14.7 Å². The van der Waals surface area contributed by atoms with Crippen molar-refractivity contribution in [2.24, 2.45) is 0 Å². The average Bonchev–Trinajstić information content (AvgIpc) is 3.12. The Morgan fingerprint density at radius 2 is 2.18 bits per heavy atom. The second-order valence-electron chi connectivity index (χ2n) is 5.90. The zero-order valence-corrected chi connectivity index (χ0v) is 13.2. The van der Waals surface area contributed by atoms with Gasteiger partial charge in [0, 0.05) is 18.3 Å². The standard InChI is InChI=1S/C17H21N3O2/c1-11-6-4-7-14(13(11)3)18-17(21)20-9-5-8-15(20)16-10-12(2)19-22-16/h4,6-7,10,15H,5,8-9H2,1-3H3,(H,18,21). The largest absolute Gasteiger partial charge is 0.359 e. The van der Waals surface area contributed by atoms with Crippen molar-refractivity contribution in [3.8, 4) is 0 Å². The number of nitrogens with zero attached hydrogens (tertiary/aromatic N) is 2. The highest BCUT2D eigenvalue weighted by molar-refractivity contribution is 5.90. The van der Waals surface area contributed by atoms with Gasteiger partial charge in [-0.15, -0.1) is 0 Å². The first-order valence-electron chi connectivity index (χ1n) is 7.63. The van der Waals surface area contributed by atoms with Crippen LogP contribution in [0.5, 0.6) is 0 Å². The highest BCUT2D eigenvalue weighted by Gasteiger charge is 2.32. The van der Waals surface area contributed by atoms with E-state index in [1.807, 2.05) is 49.9 Å². The summed E-state index contributed by atoms with van der Waals surface area (Å²) in [6.07, 6.45) is 1.89. The summed E-state index contributed by atoms with van der Waals surface area (Å²) < 4.78 is 5.35. The topological polar surface area (TPSA) is 58.4 Å². The molecule has 116 valence electrons. The monoisotopic (exact) mass is 299 g/mol. The van der Waals surface area contributed by atoms with Crippen molar-refractivity contribution in [2.75, 3.05) is 11.9 Å². The van der Waals surface area contributed by atoms with Crippen LogP contribution in [0.2, 0.25) is 0 Å². The molecule has 1 aromatic carbocycles. The van der Waals surface area contributed by atoms with Crippen molar-refractivity contribution in [3.05, 3.63) is 46.8 Å². The molecule has 1 N–H and O–H groups in total. The molecule has 5 heteroatoms. The third kappa shape index (κ3) is 2.71. The van der Waals surface area contributed by atoms with E-state index in [1.165, 1.54) is 5.56 Å². The van der Waals surface area contributed by atoms with Gasteiger partial charge in [0.15, 0.2) is 5.76 Å². The Hall–Kier alpha value is -2.30. The summed E-state index contributed by atoms with van der Waals surface area (Å²) in [4.78, 5) is 14.5. The van der Waals surface area contributed by atoms with Gasteiger partial charge in [-0.25, -0.2) is 4.79 Å². The van der Waals surface area contributed by atoms with Crippen LogP contribution in [0.3, 0.4) is 0 Å². The first kappa shape index (κ1) is 14.6. The molecule has 0 radical (unpaired) electrons. The van der Waals surface area contributed by atoms with E-state index in [2.05, 4.69) is 10.5 Å². The van der Waals surface area contributed by atoms with Crippen molar-refractivity contribution >= 4 is 11.7 Å². The second-order valence-corrected chi connectivity index (χ2v) is 5.90. The molecule has 0 spiro atoms. The smallest absolute Gasteiger partial charge is 0.322 e. The van der Waals surface area contributed by atoms with Crippen LogP contribution >= 0.6 is 0 Å². The molecule has 0 bridgehead atoms. The molecule has 3 rings (SSSR count). The summed E-state index contributed by atoms with van der Waals surface area (Å²) in [6, 6.07) is 7.75. The van der Waals surface area contributed by atoms with Crippen LogP contribution in [0.25, 0.3) is 0 Å². The Morgan fingerprint density at radius 3 is 2.91 bits per heavy atom. The fraction of sp³-hybridized carbons (Fsp3) is 0.412. The highest BCUT2D eigenvalue weighted by Crippen LogP contribution is 2.33. The van der Waals surface area contributed by atoms with Gasteiger partial charge in [0.2, 0.25) is 0 Å². The van der Waals surface area contributed by atoms with E-state index >= 15 is 0 Å². The molecule has 22 heavy (non-hydrogen) atoms. The maximum Gasteiger partial charge on any atom is 0.322 e. The number of nitrogens with one attached hydrogen (secondary N) is 1. The van der Waals surface area contributed by atoms with Crippen molar-refractivity contribution in [1.29, 1.82) is 0 Å². The number of aromatic nitrogens is 1. The average molecular weight is 299 g/mol. The number of anilines is 1. The number of hydrogen-bond acceptors (Lipinski definition) is 3. The van der Waals surface area contributed by atoms with Gasteiger partial charge in [-0.1, -0.05) is 17.3 Å². The molecule has 1 atom stereocenters. The molecule has 0 aliphatic carbocycles. The van der Waals surface area contributed by atoms with Gasteiger partial charge in [-0.3, -0.25) is 0 Å². The quantitative estimate of drug-likeness (QED) is 0.912. The lowest BCUT2D eigenvalue weighted by Gasteiger charge is -2.23. The minimum atomic E-state index is -0.0785. The second kappa shape index (κ2) is 5.83. The molecule has 1 saturated heterocycles. The summed E-state index contributed by atoms with van der Waals surface area (Å²) in [5.74, 6) is 0.770. The molecule has 5 nitrogen and oxygen atoms in total. The van der Waals surface area contributed by atoms with Gasteiger partial charge in [0.1, 0.15) is 0 Å². The SMILES string of the molecule is Cc1cc(C2CCCN2C(=O)Nc2cccc(C)c2C)on1. The molecule has 1 aliphatic heterocycles. The Kier molecular flexibility index (Phi) is 3.88. The zero-order valence-electron chi connectivity index (χ0n) is 13.2. The number of benzene rings is 1. The summed E-state index contributed by atoms with van der Waals surface area (Å²) in [5.41, 5.74) is 3.98. The minimum Gasteiger partial charge on any atom is -0.359 e. The lowest BCUT2D eigenvalue weighted by atomic mass is 10.1. The fourth-order valence-electron chi connectivity index (χ4n) is 2.92. The molecule has 1 fully saturated rings. The van der Waals surface area contributed by atoms with E-state index in [4.69, 9.17) is 4.52 Å². The number of rotatable bonds is 2. The number of carbonyl (C=O) groups excluding carboxylic acids is 1. The summed E-state index contributed by atoms with van der Waals surface area (Å²) in [6.45, 7) is 6.69. The van der Waals surface area contributed by atoms with Gasteiger partial charge in [-0.05, 0) is 50.8 Å². The van der Waals surface area contributed by atoms with Crippen molar-refractivity contribution < 1.29 is 9.32 Å². The van der Waals surface area contributed by atoms with E-state index in [9.17, 15) is 4.79 Å². The van der Waals surface area contributed by atoms with E-state index in [0.29, 0.717) is 0 Å². The molecular formula is C17H21N3O2. The maximum atomic E-state index is 12.6. The number of carbonyl (C=O) groups is 1. The summed E-state index contributed by atoms with van der Waals surface area (Å²) >= 11 is 0. The molecule has 2 aromatic rings. The first-order valence-corrected chi connectivity index (χ1v) is 7.63. The number of amides is 2. The number of likely N-dealkylation sites (tertiary alicyclic amines) is 1.